The van der Waals surface area contributed by atoms with Gasteiger partial charge in [0.1, 0.15) is 57.2 Å². The van der Waals surface area contributed by atoms with Crippen molar-refractivity contribution < 1.29 is 81.0 Å². The van der Waals surface area contributed by atoms with Gasteiger partial charge in [-0.25, -0.2) is 19.4 Å². The maximum atomic E-state index is 14.1. The van der Waals surface area contributed by atoms with Crippen molar-refractivity contribution in [3.8, 4) is 5.75 Å². The van der Waals surface area contributed by atoms with Crippen LogP contribution >= 0.6 is 34.7 Å². The second-order valence-corrected chi connectivity index (χ2v) is 17.2. The number of fused-ring (bicyclic) bond motifs is 2. The summed E-state index contributed by atoms with van der Waals surface area (Å²) >= 11 is 8.55. The fourth-order valence-electron chi connectivity index (χ4n) is 6.16. The predicted molar refractivity (Wildman–Crippen MR) is 222 cm³/mol. The number of oxime groups is 1. The first-order chi connectivity index (χ1) is 29.0. The first-order valence-corrected chi connectivity index (χ1v) is 20.6. The number of rotatable bonds is 15. The van der Waals surface area contributed by atoms with Crippen molar-refractivity contribution in [3.05, 3.63) is 81.7 Å². The highest BCUT2D eigenvalue weighted by atomic mass is 127. The van der Waals surface area contributed by atoms with Crippen molar-refractivity contribution in [1.82, 2.24) is 19.8 Å². The van der Waals surface area contributed by atoms with E-state index in [4.69, 9.17) is 44.4 Å². The zero-order valence-corrected chi connectivity index (χ0v) is 38.3. The standard InChI is InChI=1S/C38H38BClN8O11S2.HI/c1-19(34(52)58-39)59-45-27(26-30(40)61-36(43-26)44-37(54)57-38(2,3)4)31(50)42-28-32(51)48-29(35(53)56-17-20-8-10-22(55-5)11-9-20)21(18-60-33(28)48)15-46-13-6-7-23-24(46)12-14-47(23)16-25(41)49;/h6-14,19,28,33H,15-18H2,1-5H3,(H3-,41,42,43,44,49,50,54);1H/b45-27-;/t19-,28?,33?;/m0./s1. The number of β-lactam (4-membered cyclic amide) rings is 1. The van der Waals surface area contributed by atoms with Gasteiger partial charge in [0.2, 0.25) is 17.5 Å². The zero-order valence-electron chi connectivity index (χ0n) is 33.7. The molecule has 4 amide bonds. The quantitative estimate of drug-likeness (QED) is 0.0265. The summed E-state index contributed by atoms with van der Waals surface area (Å²) in [6, 6.07) is 11.1. The number of pyridine rings is 1. The highest BCUT2D eigenvalue weighted by Crippen LogP contribution is 2.41. The molecule has 0 spiro atoms. The smallest absolute Gasteiger partial charge is 0.413 e. The molecule has 2 aliphatic heterocycles. The van der Waals surface area contributed by atoms with Crippen LogP contribution in [0.5, 0.6) is 5.75 Å². The largest absolute Gasteiger partial charge is 1.00 e. The maximum absolute atomic E-state index is 14.1. The molecule has 1 fully saturated rings. The van der Waals surface area contributed by atoms with Crippen LogP contribution in [-0.2, 0) is 62.6 Å². The van der Waals surface area contributed by atoms with Gasteiger partial charge in [0.25, 0.3) is 11.8 Å². The number of nitrogens with zero attached hydrogens (tertiary/aromatic N) is 5. The third kappa shape index (κ3) is 11.0. The van der Waals surface area contributed by atoms with Crippen molar-refractivity contribution >= 4 is 100 Å². The number of nitrogens with two attached hydrogens (primary N) is 1. The average molecular weight is 1020 g/mol. The summed E-state index contributed by atoms with van der Waals surface area (Å²) in [6.45, 7) is 6.25. The summed E-state index contributed by atoms with van der Waals surface area (Å²) in [7, 11) is 6.51. The Morgan fingerprint density at radius 2 is 1.87 bits per heavy atom. The summed E-state index contributed by atoms with van der Waals surface area (Å²) in [5.74, 6) is -3.10. The van der Waals surface area contributed by atoms with Crippen LogP contribution in [0.4, 0.5) is 9.93 Å². The number of nitrogens with one attached hydrogen (secondary N) is 2. The third-order valence-electron chi connectivity index (χ3n) is 8.94. The third-order valence-corrected chi connectivity index (χ3v) is 11.4. The summed E-state index contributed by atoms with van der Waals surface area (Å²) in [5.41, 5.74) is 6.48. The minimum Gasteiger partial charge on any atom is -1.00 e. The number of thiazole rings is 1. The second kappa shape index (κ2) is 20.2. The lowest BCUT2D eigenvalue weighted by Gasteiger charge is -2.49. The number of methoxy groups -OCH3 is 1. The molecular weight excluding hydrogens is 982 g/mol. The van der Waals surface area contributed by atoms with Gasteiger partial charge in [-0.05, 0) is 51.5 Å². The number of amides is 4. The zero-order chi connectivity index (χ0) is 44.2. The fraction of sp³-hybridized carbons (Fsp3) is 0.342. The van der Waals surface area contributed by atoms with Crippen LogP contribution in [0.3, 0.4) is 0 Å². The minimum atomic E-state index is -1.39. The molecule has 19 nitrogen and oxygen atoms in total. The summed E-state index contributed by atoms with van der Waals surface area (Å²) in [6.07, 6.45) is 1.29. The molecule has 6 rings (SSSR count). The Balaban J connectivity index is 0.00000726. The summed E-state index contributed by atoms with van der Waals surface area (Å²) < 4.78 is 23.9. The van der Waals surface area contributed by atoms with Crippen LogP contribution in [0.1, 0.15) is 39.0 Å². The minimum absolute atomic E-state index is 0. The Hall–Kier alpha value is -5.40. The van der Waals surface area contributed by atoms with Gasteiger partial charge in [-0.3, -0.25) is 24.6 Å². The molecule has 4 N–H and O–H groups in total. The number of carbonyl (C=O) groups is 6. The van der Waals surface area contributed by atoms with E-state index in [2.05, 4.69) is 25.4 Å². The van der Waals surface area contributed by atoms with Crippen LogP contribution in [0, 0.1) is 0 Å². The van der Waals surface area contributed by atoms with E-state index in [1.165, 1.54) is 30.7 Å². The van der Waals surface area contributed by atoms with Gasteiger partial charge in [0, 0.05) is 29.7 Å². The number of esters is 1. The van der Waals surface area contributed by atoms with Crippen molar-refractivity contribution in [2.24, 2.45) is 10.9 Å². The second-order valence-electron chi connectivity index (χ2n) is 14.4. The van der Waals surface area contributed by atoms with Crippen LogP contribution in [0.25, 0.3) is 11.0 Å². The molecule has 2 aliphatic rings. The van der Waals surface area contributed by atoms with Crippen molar-refractivity contribution in [2.75, 3.05) is 18.2 Å². The monoisotopic (exact) mass is 1020 g/mol. The number of carbonyl (C=O) groups excluding carboxylic acids is 6. The predicted octanol–water partition coefficient (Wildman–Crippen LogP) is -0.283. The van der Waals surface area contributed by atoms with Gasteiger partial charge in [0.05, 0.1) is 7.11 Å². The summed E-state index contributed by atoms with van der Waals surface area (Å²) in [4.78, 5) is 89.1. The number of hydrogen-bond acceptors (Lipinski definition) is 15. The Morgan fingerprint density at radius 1 is 1.15 bits per heavy atom. The highest BCUT2D eigenvalue weighted by molar-refractivity contribution is 8.00. The lowest BCUT2D eigenvalue weighted by atomic mass is 10.0. The number of aromatic nitrogens is 3. The Bertz CT molecular complexity index is 2460. The van der Waals surface area contributed by atoms with Gasteiger partial charge in [-0.2, -0.15) is 4.57 Å². The molecular formula is C38H39BClIN8O11S2. The van der Waals surface area contributed by atoms with E-state index in [1.54, 1.807) is 68.1 Å². The average Bonchev–Trinajstić information content (AvgIpc) is 3.79. The van der Waals surface area contributed by atoms with Gasteiger partial charge in [-0.1, -0.05) is 40.2 Å². The first kappa shape index (κ1) is 47.7. The Morgan fingerprint density at radius 3 is 2.53 bits per heavy atom. The van der Waals surface area contributed by atoms with E-state index >= 15 is 0 Å². The van der Waals surface area contributed by atoms with Gasteiger partial charge in [0.15, 0.2) is 23.6 Å². The number of halogens is 2. The maximum Gasteiger partial charge on any atom is 0.413 e. The molecule has 0 aliphatic carbocycles. The SMILES string of the molecule is [B]OC(=O)[C@H](C)O/N=C(\C(=O)NC1C(=O)N2C(C(=O)OCc3ccc(OC)cc3)=C(C[n+]3cccc4c3ccn4CC(N)=O)CSC12)c1nc(NC(=O)OC(C)(C)C)sc1Cl.[I-]. The molecule has 3 atom stereocenters. The Kier molecular flexibility index (Phi) is 15.5. The normalized spacial score (nSPS) is 16.6. The molecule has 5 heterocycles. The molecule has 24 heteroatoms. The van der Waals surface area contributed by atoms with Crippen LogP contribution < -0.4 is 49.6 Å². The topological polar surface area (TPSA) is 236 Å². The van der Waals surface area contributed by atoms with Crippen LogP contribution in [0.15, 0.2) is 71.3 Å². The highest BCUT2D eigenvalue weighted by Gasteiger charge is 2.55. The molecule has 0 saturated carbocycles. The van der Waals surface area contributed by atoms with Gasteiger partial charge in [-0.15, -0.1) is 11.8 Å². The molecule has 0 bridgehead atoms. The number of thioether (sulfide) groups is 1. The van der Waals surface area contributed by atoms with Crippen LogP contribution in [-0.4, -0.2) is 99.9 Å². The van der Waals surface area contributed by atoms with E-state index in [0.29, 0.717) is 16.9 Å². The summed E-state index contributed by atoms with van der Waals surface area (Å²) in [5, 5.41) is 8.06. The number of anilines is 1. The molecule has 4 aromatic rings. The molecule has 2 unspecified atom stereocenters. The van der Waals surface area contributed by atoms with Crippen molar-refractivity contribution in [2.45, 2.75) is 70.5 Å². The van der Waals surface area contributed by atoms with E-state index in [0.717, 1.165) is 22.4 Å². The fourth-order valence-corrected chi connectivity index (χ4v) is 8.53. The van der Waals surface area contributed by atoms with E-state index in [1.807, 2.05) is 16.7 Å². The number of primary amides is 1. The van der Waals surface area contributed by atoms with Crippen LogP contribution in [0.2, 0.25) is 4.34 Å². The number of ether oxygens (including phenoxy) is 3. The lowest BCUT2D eigenvalue weighted by molar-refractivity contribution is -0.663. The molecule has 62 heavy (non-hydrogen) atoms. The number of hydrogen-bond donors (Lipinski definition) is 3. The molecule has 326 valence electrons. The van der Waals surface area contributed by atoms with Gasteiger partial charge >= 0.3 is 26.1 Å². The lowest BCUT2D eigenvalue weighted by Crippen LogP contribution is -3.00. The first-order valence-electron chi connectivity index (χ1n) is 18.3. The number of benzene rings is 1. The van der Waals surface area contributed by atoms with E-state index < -0.39 is 64.6 Å². The van der Waals surface area contributed by atoms with Gasteiger partial charge < -0.3 is 63.3 Å². The molecule has 2 radical (unpaired) electrons. The van der Waals surface area contributed by atoms with Crippen molar-refractivity contribution in [1.29, 1.82) is 0 Å². The van der Waals surface area contributed by atoms with Crippen molar-refractivity contribution in [3.63, 3.8) is 0 Å². The van der Waals surface area contributed by atoms with E-state index in [9.17, 15) is 28.8 Å². The molecule has 3 aromatic heterocycles. The Labute approximate surface area is 386 Å². The molecule has 1 saturated heterocycles. The van der Waals surface area contributed by atoms with E-state index in [-0.39, 0.29) is 70.3 Å². The molecule has 1 aromatic carbocycles.